The molecule has 0 radical (unpaired) electrons. The van der Waals surface area contributed by atoms with Crippen LogP contribution in [-0.4, -0.2) is 26.7 Å². The van der Waals surface area contributed by atoms with Gasteiger partial charge in [-0.25, -0.2) is 0 Å². The largest absolute Gasteiger partial charge is 0.371 e. The minimum Gasteiger partial charge on any atom is -0.371 e. The standard InChI is InChI=1S/C19H30N2/c1-16-8-9-18-17(13-16)7-6-12-21(18)15-19(14-20-2)10-4-3-5-11-19/h8-9,13,20H,3-7,10-12,14-15H2,1-2H3. The molecule has 1 N–H and O–H groups in total. The van der Waals surface area contributed by atoms with Crippen molar-refractivity contribution >= 4 is 5.69 Å². The van der Waals surface area contributed by atoms with Crippen LogP contribution in [0.5, 0.6) is 0 Å². The van der Waals surface area contributed by atoms with Gasteiger partial charge in [0.25, 0.3) is 0 Å². The zero-order valence-corrected chi connectivity index (χ0v) is 13.8. The molecule has 0 bridgehead atoms. The third kappa shape index (κ3) is 3.26. The molecule has 0 aromatic heterocycles. The molecule has 1 aromatic rings. The summed E-state index contributed by atoms with van der Waals surface area (Å²) in [6, 6.07) is 7.04. The maximum absolute atomic E-state index is 3.47. The third-order valence-corrected chi connectivity index (χ3v) is 5.44. The van der Waals surface area contributed by atoms with Crippen LogP contribution in [0.1, 0.15) is 49.7 Å². The second-order valence-corrected chi connectivity index (χ2v) is 7.25. The molecule has 1 heterocycles. The van der Waals surface area contributed by atoms with Crippen molar-refractivity contribution in [2.24, 2.45) is 5.41 Å². The van der Waals surface area contributed by atoms with Gasteiger partial charge in [0.2, 0.25) is 0 Å². The molecular weight excluding hydrogens is 256 g/mol. The van der Waals surface area contributed by atoms with E-state index in [0.29, 0.717) is 5.41 Å². The maximum Gasteiger partial charge on any atom is 0.0399 e. The van der Waals surface area contributed by atoms with Gasteiger partial charge in [0.1, 0.15) is 0 Å². The minimum atomic E-state index is 0.493. The number of nitrogens with zero attached hydrogens (tertiary/aromatic N) is 1. The summed E-state index contributed by atoms with van der Waals surface area (Å²) in [4.78, 5) is 2.68. The Labute approximate surface area is 129 Å². The number of hydrogen-bond acceptors (Lipinski definition) is 2. The van der Waals surface area contributed by atoms with Gasteiger partial charge in [-0.15, -0.1) is 0 Å². The topological polar surface area (TPSA) is 15.3 Å². The number of benzene rings is 1. The van der Waals surface area contributed by atoms with Crippen molar-refractivity contribution in [3.8, 4) is 0 Å². The lowest BCUT2D eigenvalue weighted by atomic mass is 9.73. The fourth-order valence-corrected chi connectivity index (χ4v) is 4.44. The van der Waals surface area contributed by atoms with Crippen LogP contribution in [0.15, 0.2) is 18.2 Å². The van der Waals surface area contributed by atoms with Crippen molar-refractivity contribution in [1.29, 1.82) is 0 Å². The fourth-order valence-electron chi connectivity index (χ4n) is 4.44. The zero-order chi connectivity index (χ0) is 14.7. The summed E-state index contributed by atoms with van der Waals surface area (Å²) in [5.41, 5.74) is 4.97. The van der Waals surface area contributed by atoms with Crippen LogP contribution in [0, 0.1) is 12.3 Å². The highest BCUT2D eigenvalue weighted by atomic mass is 15.1. The average Bonchev–Trinajstić information content (AvgIpc) is 2.48. The summed E-state index contributed by atoms with van der Waals surface area (Å²) in [7, 11) is 2.11. The van der Waals surface area contributed by atoms with E-state index in [4.69, 9.17) is 0 Å². The van der Waals surface area contributed by atoms with E-state index in [-0.39, 0.29) is 0 Å². The van der Waals surface area contributed by atoms with E-state index in [2.05, 4.69) is 42.4 Å². The van der Waals surface area contributed by atoms with Gasteiger partial charge in [0.05, 0.1) is 0 Å². The molecule has 1 aliphatic carbocycles. The Morgan fingerprint density at radius 2 is 1.95 bits per heavy atom. The van der Waals surface area contributed by atoms with Gasteiger partial charge in [-0.05, 0) is 51.3 Å². The molecule has 0 atom stereocenters. The number of hydrogen-bond donors (Lipinski definition) is 1. The first-order valence-electron chi connectivity index (χ1n) is 8.72. The summed E-state index contributed by atoms with van der Waals surface area (Å²) in [6.07, 6.45) is 9.61. The van der Waals surface area contributed by atoms with Crippen molar-refractivity contribution in [2.75, 3.05) is 31.6 Å². The van der Waals surface area contributed by atoms with Crippen molar-refractivity contribution in [1.82, 2.24) is 5.32 Å². The first-order chi connectivity index (χ1) is 10.2. The van der Waals surface area contributed by atoms with Crippen LogP contribution in [-0.2, 0) is 6.42 Å². The van der Waals surface area contributed by atoms with Gasteiger partial charge in [0.15, 0.2) is 0 Å². The molecule has 3 rings (SSSR count). The van der Waals surface area contributed by atoms with Crippen LogP contribution < -0.4 is 10.2 Å². The summed E-state index contributed by atoms with van der Waals surface area (Å²) >= 11 is 0. The van der Waals surface area contributed by atoms with Crippen molar-refractivity contribution in [3.63, 3.8) is 0 Å². The predicted molar refractivity (Wildman–Crippen MR) is 91.2 cm³/mol. The lowest BCUT2D eigenvalue weighted by Gasteiger charge is -2.43. The SMILES string of the molecule is CNCC1(CN2CCCc3cc(C)ccc32)CCCCC1. The van der Waals surface area contributed by atoms with E-state index in [1.54, 1.807) is 5.56 Å². The molecule has 1 saturated carbocycles. The fraction of sp³-hybridized carbons (Fsp3) is 0.684. The average molecular weight is 286 g/mol. The quantitative estimate of drug-likeness (QED) is 0.902. The lowest BCUT2D eigenvalue weighted by molar-refractivity contribution is 0.190. The van der Waals surface area contributed by atoms with Crippen LogP contribution >= 0.6 is 0 Å². The summed E-state index contributed by atoms with van der Waals surface area (Å²) < 4.78 is 0. The van der Waals surface area contributed by atoms with Gasteiger partial charge in [-0.3, -0.25) is 0 Å². The van der Waals surface area contributed by atoms with E-state index < -0.39 is 0 Å². The van der Waals surface area contributed by atoms with Gasteiger partial charge >= 0.3 is 0 Å². The van der Waals surface area contributed by atoms with E-state index in [0.717, 1.165) is 0 Å². The van der Waals surface area contributed by atoms with Crippen LogP contribution in [0.25, 0.3) is 0 Å². The molecule has 1 aromatic carbocycles. The highest BCUT2D eigenvalue weighted by Crippen LogP contribution is 2.39. The Balaban J connectivity index is 1.81. The third-order valence-electron chi connectivity index (χ3n) is 5.44. The lowest BCUT2D eigenvalue weighted by Crippen LogP contribution is -2.46. The Hall–Kier alpha value is -1.02. The second-order valence-electron chi connectivity index (χ2n) is 7.25. The van der Waals surface area contributed by atoms with Gasteiger partial charge in [0, 0.05) is 30.7 Å². The normalized spacial score (nSPS) is 21.1. The van der Waals surface area contributed by atoms with Gasteiger partial charge < -0.3 is 10.2 Å². The Kier molecular flexibility index (Phi) is 4.54. The van der Waals surface area contributed by atoms with E-state index in [1.807, 2.05) is 0 Å². The van der Waals surface area contributed by atoms with Crippen LogP contribution in [0.2, 0.25) is 0 Å². The predicted octanol–water partition coefficient (Wildman–Crippen LogP) is 3.92. The molecule has 0 saturated heterocycles. The molecule has 2 heteroatoms. The molecule has 1 aliphatic heterocycles. The number of rotatable bonds is 4. The number of nitrogens with one attached hydrogen (secondary N) is 1. The molecule has 2 aliphatic rings. The van der Waals surface area contributed by atoms with E-state index in [1.165, 1.54) is 75.8 Å². The van der Waals surface area contributed by atoms with Crippen molar-refractivity contribution < 1.29 is 0 Å². The summed E-state index contributed by atoms with van der Waals surface area (Å²) in [5.74, 6) is 0. The highest BCUT2D eigenvalue weighted by Gasteiger charge is 2.34. The molecule has 21 heavy (non-hydrogen) atoms. The molecule has 0 spiro atoms. The van der Waals surface area contributed by atoms with Crippen molar-refractivity contribution in [2.45, 2.75) is 51.9 Å². The Morgan fingerprint density at radius 3 is 2.71 bits per heavy atom. The summed E-state index contributed by atoms with van der Waals surface area (Å²) in [5, 5.41) is 3.47. The number of anilines is 1. The van der Waals surface area contributed by atoms with E-state index >= 15 is 0 Å². The molecule has 0 amide bonds. The number of fused-ring (bicyclic) bond motifs is 1. The molecular formula is C19H30N2. The van der Waals surface area contributed by atoms with Crippen molar-refractivity contribution in [3.05, 3.63) is 29.3 Å². The first kappa shape index (κ1) is 14.9. The smallest absolute Gasteiger partial charge is 0.0399 e. The molecule has 0 unspecified atom stereocenters. The maximum atomic E-state index is 3.47. The Morgan fingerprint density at radius 1 is 1.14 bits per heavy atom. The minimum absolute atomic E-state index is 0.493. The second kappa shape index (κ2) is 6.39. The first-order valence-corrected chi connectivity index (χ1v) is 8.72. The van der Waals surface area contributed by atoms with Crippen LogP contribution in [0.3, 0.4) is 0 Å². The van der Waals surface area contributed by atoms with Crippen LogP contribution in [0.4, 0.5) is 5.69 Å². The highest BCUT2D eigenvalue weighted by molar-refractivity contribution is 5.57. The van der Waals surface area contributed by atoms with Gasteiger partial charge in [-0.2, -0.15) is 0 Å². The molecule has 1 fully saturated rings. The monoisotopic (exact) mass is 286 g/mol. The van der Waals surface area contributed by atoms with Gasteiger partial charge in [-0.1, -0.05) is 37.0 Å². The zero-order valence-electron chi connectivity index (χ0n) is 13.8. The number of aryl methyl sites for hydroxylation is 2. The molecule has 2 nitrogen and oxygen atoms in total. The summed E-state index contributed by atoms with van der Waals surface area (Å²) in [6.45, 7) is 5.86. The Bertz CT molecular complexity index is 469. The van der Waals surface area contributed by atoms with E-state index in [9.17, 15) is 0 Å². The molecule has 116 valence electrons.